The van der Waals surface area contributed by atoms with Crippen molar-refractivity contribution in [2.75, 3.05) is 139 Å². The second-order valence-electron chi connectivity index (χ2n) is 25.4. The molecule has 0 saturated carbocycles. The maximum Gasteiger partial charge on any atom is 0.401 e. The van der Waals surface area contributed by atoms with Gasteiger partial charge in [-0.3, -0.25) is 19.4 Å². The lowest BCUT2D eigenvalue weighted by molar-refractivity contribution is -0.141. The Bertz CT molecular complexity index is 4000. The van der Waals surface area contributed by atoms with Crippen LogP contribution in [-0.2, 0) is 35.5 Å². The number of anilines is 4. The first-order chi connectivity index (χ1) is 45.4. The molecule has 6 aliphatic heterocycles. The molecule has 2 amide bonds. The van der Waals surface area contributed by atoms with Crippen LogP contribution >= 0.6 is 23.2 Å². The number of rotatable bonds is 17. The number of carbonyl (C=O) groups excluding carboxylic acids is 2. The molecule has 4 saturated heterocycles. The Balaban J connectivity index is 0.799. The number of carbonyl (C=O) groups is 2. The van der Waals surface area contributed by atoms with Gasteiger partial charge in [0.15, 0.2) is 0 Å². The highest BCUT2D eigenvalue weighted by atomic mass is 35.5. The molecule has 8 heterocycles. The predicted molar refractivity (Wildman–Crippen MR) is 355 cm³/mol. The third-order valence-corrected chi connectivity index (χ3v) is 19.9. The van der Waals surface area contributed by atoms with E-state index in [4.69, 9.17) is 52.6 Å². The Kier molecular flexibility index (Phi) is 20.2. The van der Waals surface area contributed by atoms with Crippen molar-refractivity contribution in [1.29, 1.82) is 10.5 Å². The van der Waals surface area contributed by atoms with Crippen LogP contribution in [0.25, 0.3) is 21.5 Å². The fraction of sp³-hybridized carbons (Fsp3) is 0.478. The number of halogens is 5. The van der Waals surface area contributed by atoms with Crippen LogP contribution in [0.15, 0.2) is 78.9 Å². The summed E-state index contributed by atoms with van der Waals surface area (Å²) in [7, 11) is 5.56. The highest BCUT2D eigenvalue weighted by Gasteiger charge is 2.39. The molecular weight excluding hydrogens is 1250 g/mol. The number of piperazine rings is 2. The van der Waals surface area contributed by atoms with Gasteiger partial charge in [0.1, 0.15) is 31.5 Å². The van der Waals surface area contributed by atoms with Crippen LogP contribution in [0.5, 0.6) is 12.0 Å². The first-order valence-electron chi connectivity index (χ1n) is 32.2. The summed E-state index contributed by atoms with van der Waals surface area (Å²) in [5.74, 6) is 5.71. The average Bonchev–Trinajstić information content (AvgIpc) is 1.53. The molecule has 492 valence electrons. The van der Waals surface area contributed by atoms with Gasteiger partial charge in [0, 0.05) is 117 Å². The number of hydrogen-bond donors (Lipinski definition) is 1. The lowest BCUT2D eigenvalue weighted by Crippen LogP contribution is -2.55. The SMILES string of the molecule is CN(C/C=C/C(=O)N1CCN(c2nc(OC[C@@H]3CCCN3C)nc3c2CCN(c2cc(C4C[C@@H](COc5nc6c(c(N7CCN(C(=O)C#CCO)[C@@H](CC#N)C7)n5)CCN(c5cccc7cccc(Cl)c57)C6)N(C)C4)cc4cccc(Cl)c24)C3)C[C@@H]1CC#N)CC(F)(F)F. The van der Waals surface area contributed by atoms with Gasteiger partial charge >= 0.3 is 18.2 Å². The second kappa shape index (κ2) is 28.8. The molecule has 6 aromatic rings. The van der Waals surface area contributed by atoms with Crippen molar-refractivity contribution in [2.45, 2.75) is 94.3 Å². The molecule has 1 N–H and O–H groups in total. The summed E-state index contributed by atoms with van der Waals surface area (Å²) in [6.45, 7) is 5.08. The standard InChI is InChI=1S/C69H76Cl2F3N15O5/c1-81(44-69(72,73)74)25-8-17-61(91)88-31-29-86(38-49(88)19-23-75)66-54-22-28-85(41-58(54)78-67(79-66)93-42-51-13-7-26-82(51)2)60-36-47(34-46-12-5-15-56(71)64(46)60)48-35-52(83(3)37-48)43-94-68-77-57-40-84(59-16-6-11-45-10-4-14-55(70)63(45)59)27-21-53(57)65(80-68)87-30-32-89(50(39-87)20-24-76)62(92)18-9-33-90/h4-6,8,10-12,14-17,34,36,48-52,90H,7,13,19-22,25-33,35,37-44H2,1-3H3/b17-8+/t48?,49-,50-,51-,52-/m0/s1. The van der Waals surface area contributed by atoms with Crippen LogP contribution in [0.3, 0.4) is 0 Å². The molecule has 0 aliphatic carbocycles. The summed E-state index contributed by atoms with van der Waals surface area (Å²) < 4.78 is 52.4. The van der Waals surface area contributed by atoms with Gasteiger partial charge in [-0.05, 0) is 112 Å². The van der Waals surface area contributed by atoms with Crippen molar-refractivity contribution in [3.8, 4) is 36.0 Å². The predicted octanol–water partition coefficient (Wildman–Crippen LogP) is 8.25. The molecule has 0 radical (unpaired) electrons. The van der Waals surface area contributed by atoms with E-state index in [9.17, 15) is 38.4 Å². The van der Waals surface area contributed by atoms with Gasteiger partial charge in [-0.1, -0.05) is 77.7 Å². The molecule has 2 aromatic heterocycles. The number of ether oxygens (including phenoxy) is 2. The third-order valence-electron chi connectivity index (χ3n) is 19.3. The third kappa shape index (κ3) is 14.5. The summed E-state index contributed by atoms with van der Waals surface area (Å²) in [5.41, 5.74) is 6.72. The van der Waals surface area contributed by atoms with Gasteiger partial charge < -0.3 is 48.9 Å². The number of nitrogens with zero attached hydrogens (tertiary/aromatic N) is 15. The maximum absolute atomic E-state index is 13.6. The van der Waals surface area contributed by atoms with E-state index in [1.165, 1.54) is 19.2 Å². The van der Waals surface area contributed by atoms with Crippen molar-refractivity contribution in [1.82, 2.24) is 44.4 Å². The molecule has 20 nitrogen and oxygen atoms in total. The number of aromatic nitrogens is 4. The fourth-order valence-corrected chi connectivity index (χ4v) is 15.1. The van der Waals surface area contributed by atoms with Crippen LogP contribution in [-0.4, -0.2) is 211 Å². The quantitative estimate of drug-likeness (QED) is 0.0675. The van der Waals surface area contributed by atoms with Crippen molar-refractivity contribution in [3.63, 3.8) is 0 Å². The van der Waals surface area contributed by atoms with E-state index in [0.29, 0.717) is 101 Å². The van der Waals surface area contributed by atoms with E-state index in [1.807, 2.05) is 30.3 Å². The molecule has 4 fully saturated rings. The van der Waals surface area contributed by atoms with E-state index in [-0.39, 0.29) is 61.9 Å². The van der Waals surface area contributed by atoms with E-state index in [2.05, 4.69) is 104 Å². The van der Waals surface area contributed by atoms with Gasteiger partial charge in [-0.2, -0.15) is 43.6 Å². The van der Waals surface area contributed by atoms with Gasteiger partial charge in [0.05, 0.1) is 78.1 Å². The van der Waals surface area contributed by atoms with Crippen LogP contribution in [0, 0.1) is 34.5 Å². The summed E-state index contributed by atoms with van der Waals surface area (Å²) in [5, 5.41) is 34.6. The van der Waals surface area contributed by atoms with E-state index in [1.54, 1.807) is 9.80 Å². The number of hydrogen-bond acceptors (Lipinski definition) is 18. The van der Waals surface area contributed by atoms with E-state index >= 15 is 0 Å². The van der Waals surface area contributed by atoms with Gasteiger partial charge in [0.2, 0.25) is 5.91 Å². The van der Waals surface area contributed by atoms with E-state index < -0.39 is 37.3 Å². The van der Waals surface area contributed by atoms with Crippen LogP contribution in [0.4, 0.5) is 36.2 Å². The van der Waals surface area contributed by atoms with Crippen LogP contribution in [0.1, 0.15) is 66.1 Å². The monoisotopic (exact) mass is 1320 g/mol. The Hall–Kier alpha value is -8.21. The molecule has 25 heteroatoms. The lowest BCUT2D eigenvalue weighted by Gasteiger charge is -2.42. The molecule has 12 rings (SSSR count). The highest BCUT2D eigenvalue weighted by Crippen LogP contribution is 2.43. The number of aliphatic hydroxyl groups excluding tert-OH is 1. The van der Waals surface area contributed by atoms with Crippen molar-refractivity contribution < 1.29 is 37.3 Å². The summed E-state index contributed by atoms with van der Waals surface area (Å²) >= 11 is 14.1. The number of fused-ring (bicyclic) bond motifs is 4. The topological polar surface area (TPSA) is 201 Å². The molecule has 6 aliphatic rings. The van der Waals surface area contributed by atoms with Gasteiger partial charge in [-0.25, -0.2) is 0 Å². The number of benzene rings is 4. The first-order valence-corrected chi connectivity index (χ1v) is 32.9. The molecule has 1 unspecified atom stereocenters. The summed E-state index contributed by atoms with van der Waals surface area (Å²) in [6, 6.07) is 26.9. The van der Waals surface area contributed by atoms with Gasteiger partial charge in [0.25, 0.3) is 5.91 Å². The van der Waals surface area contributed by atoms with Crippen molar-refractivity contribution in [2.24, 2.45) is 0 Å². The molecule has 0 bridgehead atoms. The fourth-order valence-electron chi connectivity index (χ4n) is 14.5. The number of nitriles is 2. The molecule has 94 heavy (non-hydrogen) atoms. The largest absolute Gasteiger partial charge is 0.462 e. The minimum Gasteiger partial charge on any atom is -0.462 e. The Morgan fingerprint density at radius 3 is 1.89 bits per heavy atom. The molecule has 5 atom stereocenters. The summed E-state index contributed by atoms with van der Waals surface area (Å²) in [6.07, 6.45) is 2.55. The Labute approximate surface area is 555 Å². The van der Waals surface area contributed by atoms with Crippen LogP contribution in [0.2, 0.25) is 10.0 Å². The number of likely N-dealkylation sites (tertiary alicyclic amines) is 2. The smallest absolute Gasteiger partial charge is 0.401 e. The molecule has 4 aromatic carbocycles. The zero-order valence-corrected chi connectivity index (χ0v) is 54.6. The minimum atomic E-state index is -4.36. The van der Waals surface area contributed by atoms with E-state index in [0.717, 1.165) is 104 Å². The number of amides is 2. The molecule has 0 spiro atoms. The average molecular weight is 1320 g/mol. The summed E-state index contributed by atoms with van der Waals surface area (Å²) in [4.78, 5) is 65.3. The zero-order chi connectivity index (χ0) is 65.8. The minimum absolute atomic E-state index is 0.0159. The number of likely N-dealkylation sites (N-methyl/N-ethyl adjacent to an activating group) is 3. The normalized spacial score (nSPS) is 21.2. The number of aliphatic hydroxyl groups is 1. The second-order valence-corrected chi connectivity index (χ2v) is 26.2. The maximum atomic E-state index is 13.6. The van der Waals surface area contributed by atoms with Crippen molar-refractivity contribution in [3.05, 3.63) is 117 Å². The Morgan fingerprint density at radius 1 is 0.702 bits per heavy atom. The van der Waals surface area contributed by atoms with Crippen molar-refractivity contribution >= 4 is 79.6 Å². The van der Waals surface area contributed by atoms with Crippen LogP contribution < -0.4 is 29.1 Å². The zero-order valence-electron chi connectivity index (χ0n) is 53.0. The Morgan fingerprint density at radius 2 is 1.29 bits per heavy atom. The molecular formula is C69H76Cl2F3N15O5. The first kappa shape index (κ1) is 65.8. The van der Waals surface area contributed by atoms with Gasteiger partial charge in [-0.15, -0.1) is 0 Å². The number of alkyl halides is 3. The highest BCUT2D eigenvalue weighted by molar-refractivity contribution is 6.37. The lowest BCUT2D eigenvalue weighted by atomic mass is 9.92.